The van der Waals surface area contributed by atoms with Crippen molar-refractivity contribution in [3.05, 3.63) is 125 Å². The maximum Gasteiger partial charge on any atom is 0.239 e. The molecule has 0 saturated carbocycles. The predicted octanol–water partition coefficient (Wildman–Crippen LogP) is 6.21. The summed E-state index contributed by atoms with van der Waals surface area (Å²) in [4.78, 5) is 35.2. The van der Waals surface area contributed by atoms with Gasteiger partial charge in [0.05, 0.1) is 35.7 Å². The van der Waals surface area contributed by atoms with Crippen LogP contribution in [0.15, 0.2) is 102 Å². The highest BCUT2D eigenvalue weighted by Crippen LogP contribution is 2.63. The van der Waals surface area contributed by atoms with Crippen LogP contribution in [0.4, 0.5) is 11.4 Å². The summed E-state index contributed by atoms with van der Waals surface area (Å²) in [6.45, 7) is 2.12. The quantitative estimate of drug-likeness (QED) is 0.236. The van der Waals surface area contributed by atoms with Gasteiger partial charge in [0.15, 0.2) is 0 Å². The molecule has 4 aliphatic rings. The van der Waals surface area contributed by atoms with Gasteiger partial charge in [0, 0.05) is 12.1 Å². The van der Waals surface area contributed by atoms with Gasteiger partial charge in [-0.25, -0.2) is 4.90 Å². The lowest BCUT2D eigenvalue weighted by Gasteiger charge is -2.52. The zero-order valence-corrected chi connectivity index (χ0v) is 21.9. The van der Waals surface area contributed by atoms with Crippen molar-refractivity contribution in [2.24, 2.45) is 16.8 Å². The predicted molar refractivity (Wildman–Crippen MR) is 152 cm³/mol. The third-order valence-electron chi connectivity index (χ3n) is 8.79. The van der Waals surface area contributed by atoms with Gasteiger partial charge in [-0.15, -0.1) is 0 Å². The van der Waals surface area contributed by atoms with Gasteiger partial charge in [0.2, 0.25) is 11.8 Å². The molecule has 39 heavy (non-hydrogen) atoms. The van der Waals surface area contributed by atoms with Crippen molar-refractivity contribution >= 4 is 29.4 Å². The molecule has 1 saturated heterocycles. The van der Waals surface area contributed by atoms with Crippen LogP contribution in [0.5, 0.6) is 5.75 Å². The molecule has 1 fully saturated rings. The van der Waals surface area contributed by atoms with E-state index >= 15 is 0 Å². The van der Waals surface area contributed by atoms with Crippen LogP contribution in [0.1, 0.15) is 40.7 Å². The van der Waals surface area contributed by atoms with Crippen LogP contribution in [0.2, 0.25) is 0 Å². The van der Waals surface area contributed by atoms with E-state index in [1.54, 1.807) is 31.4 Å². The van der Waals surface area contributed by atoms with E-state index in [1.807, 2.05) is 48.7 Å². The number of imide groups is 1. The number of carbonyl (C=O) groups excluding carboxylic acids is 2. The Morgan fingerprint density at radius 3 is 2.08 bits per heavy atom. The highest BCUT2D eigenvalue weighted by molar-refractivity contribution is 6.25. The maximum absolute atomic E-state index is 14.5. The Labute approximate surface area is 227 Å². The van der Waals surface area contributed by atoms with E-state index < -0.39 is 17.3 Å². The van der Waals surface area contributed by atoms with Crippen LogP contribution >= 0.6 is 0 Å². The summed E-state index contributed by atoms with van der Waals surface area (Å²) in [5, 5.41) is 0. The highest BCUT2D eigenvalue weighted by atomic mass is 16.5. The minimum Gasteiger partial charge on any atom is -0.497 e. The summed E-state index contributed by atoms with van der Waals surface area (Å²) in [6.07, 6.45) is 2.82. The monoisotopic (exact) mass is 512 g/mol. The summed E-state index contributed by atoms with van der Waals surface area (Å²) in [5.41, 5.74) is 6.04. The molecule has 0 radical (unpaired) electrons. The fourth-order valence-corrected chi connectivity index (χ4v) is 7.14. The number of amides is 2. The van der Waals surface area contributed by atoms with Gasteiger partial charge in [-0.2, -0.15) is 0 Å². The number of aliphatic imine (C=N–C) groups is 1. The second-order valence-corrected chi connectivity index (χ2v) is 10.5. The maximum atomic E-state index is 14.5. The Bertz CT molecular complexity index is 1610. The number of carbonyl (C=O) groups is 2. The van der Waals surface area contributed by atoms with Crippen LogP contribution in [-0.2, 0) is 21.4 Å². The van der Waals surface area contributed by atoms with Gasteiger partial charge in [-0.3, -0.25) is 14.6 Å². The second-order valence-electron chi connectivity index (χ2n) is 10.5. The van der Waals surface area contributed by atoms with Crippen molar-refractivity contribution in [2.75, 3.05) is 12.0 Å². The normalized spacial score (nSPS) is 24.6. The number of anilines is 1. The minimum atomic E-state index is -0.874. The molecule has 5 nitrogen and oxygen atoms in total. The van der Waals surface area contributed by atoms with E-state index in [2.05, 4.69) is 37.3 Å². The smallest absolute Gasteiger partial charge is 0.239 e. The van der Waals surface area contributed by atoms with Crippen molar-refractivity contribution in [1.82, 2.24) is 0 Å². The lowest BCUT2D eigenvalue weighted by molar-refractivity contribution is -0.122. The van der Waals surface area contributed by atoms with E-state index in [4.69, 9.17) is 9.73 Å². The Kier molecular flexibility index (Phi) is 5.31. The molecule has 2 bridgehead atoms. The molecule has 3 aliphatic carbocycles. The number of hydrogen-bond donors (Lipinski definition) is 0. The summed E-state index contributed by atoms with van der Waals surface area (Å²) in [6, 6.07) is 31.8. The topological polar surface area (TPSA) is 59.0 Å². The molecule has 0 aromatic heterocycles. The number of aryl methyl sites for hydroxylation is 1. The van der Waals surface area contributed by atoms with E-state index in [9.17, 15) is 9.59 Å². The summed E-state index contributed by atoms with van der Waals surface area (Å²) >= 11 is 0. The van der Waals surface area contributed by atoms with Gasteiger partial charge < -0.3 is 4.74 Å². The molecule has 0 spiro atoms. The molecular weight excluding hydrogens is 484 g/mol. The molecule has 2 amide bonds. The largest absolute Gasteiger partial charge is 0.497 e. The summed E-state index contributed by atoms with van der Waals surface area (Å²) in [5.74, 6) is -0.972. The number of hydrogen-bond acceptors (Lipinski definition) is 4. The Morgan fingerprint density at radius 2 is 1.44 bits per heavy atom. The van der Waals surface area contributed by atoms with Crippen LogP contribution in [0.3, 0.4) is 0 Å². The first-order valence-corrected chi connectivity index (χ1v) is 13.4. The summed E-state index contributed by atoms with van der Waals surface area (Å²) < 4.78 is 5.31. The zero-order valence-electron chi connectivity index (χ0n) is 21.9. The number of benzene rings is 4. The Hall–Kier alpha value is -4.51. The number of methoxy groups -OCH3 is 1. The molecule has 192 valence electrons. The van der Waals surface area contributed by atoms with Crippen LogP contribution in [0.25, 0.3) is 0 Å². The van der Waals surface area contributed by atoms with Crippen molar-refractivity contribution in [2.45, 2.75) is 24.7 Å². The van der Waals surface area contributed by atoms with E-state index in [0.29, 0.717) is 11.4 Å². The molecule has 0 unspecified atom stereocenters. The molecule has 1 aliphatic heterocycles. The third-order valence-corrected chi connectivity index (χ3v) is 8.79. The average Bonchev–Trinajstić information content (AvgIpc) is 3.26. The van der Waals surface area contributed by atoms with Crippen molar-refractivity contribution in [3.8, 4) is 5.75 Å². The molecule has 4 aromatic rings. The molecule has 0 N–H and O–H groups in total. The molecular formula is C34H28N2O3. The van der Waals surface area contributed by atoms with E-state index in [-0.39, 0.29) is 17.7 Å². The number of rotatable bonds is 5. The van der Waals surface area contributed by atoms with Crippen molar-refractivity contribution in [3.63, 3.8) is 0 Å². The molecule has 5 heteroatoms. The zero-order chi connectivity index (χ0) is 26.7. The Morgan fingerprint density at radius 1 is 0.821 bits per heavy atom. The van der Waals surface area contributed by atoms with Gasteiger partial charge in [-0.05, 0) is 64.6 Å². The first kappa shape index (κ1) is 23.6. The fourth-order valence-electron chi connectivity index (χ4n) is 7.14. The molecule has 1 heterocycles. The number of para-hydroxylation sites is 1. The molecule has 4 aromatic carbocycles. The first-order chi connectivity index (χ1) is 19.1. The second kappa shape index (κ2) is 8.77. The number of ether oxygens (including phenoxy) is 1. The van der Waals surface area contributed by atoms with Crippen LogP contribution in [0, 0.1) is 11.8 Å². The fraction of sp³-hybridized carbons (Fsp3) is 0.206. The standard InChI is InChI=1S/C34H28N2O3/c1-3-21-10-4-9-15-28(21)35-20-34-26-13-7-5-11-24(26)29(25-12-6-8-14-27(25)34)30-31(34)33(38)36(32(30)37)22-16-18-23(39-2)19-17-22/h4-20,29-31H,3H2,1-2H3/t29?,30-,31-,34?/m1/s1. The van der Waals surface area contributed by atoms with Gasteiger partial charge in [0.25, 0.3) is 0 Å². The van der Waals surface area contributed by atoms with Crippen LogP contribution in [-0.4, -0.2) is 25.1 Å². The van der Waals surface area contributed by atoms with E-state index in [0.717, 1.165) is 39.9 Å². The van der Waals surface area contributed by atoms with Crippen molar-refractivity contribution in [1.29, 1.82) is 0 Å². The molecule has 8 rings (SSSR count). The third kappa shape index (κ3) is 3.16. The lowest BCUT2D eigenvalue weighted by atomic mass is 9.47. The Balaban J connectivity index is 1.48. The van der Waals surface area contributed by atoms with E-state index in [1.165, 1.54) is 4.90 Å². The lowest BCUT2D eigenvalue weighted by Crippen LogP contribution is -2.54. The van der Waals surface area contributed by atoms with Gasteiger partial charge in [-0.1, -0.05) is 73.7 Å². The van der Waals surface area contributed by atoms with Crippen molar-refractivity contribution < 1.29 is 14.3 Å². The SMILES string of the molecule is CCc1ccccc1N=CC12c3ccccc3C(c3ccccc31)[C@H]1C(=O)N(c3ccc(OC)cc3)C(=O)[C@@H]12. The summed E-state index contributed by atoms with van der Waals surface area (Å²) in [7, 11) is 1.60. The molecule has 2 atom stereocenters. The highest BCUT2D eigenvalue weighted by Gasteiger charge is 2.67. The van der Waals surface area contributed by atoms with Crippen LogP contribution < -0.4 is 9.64 Å². The van der Waals surface area contributed by atoms with Gasteiger partial charge in [0.1, 0.15) is 5.75 Å². The first-order valence-electron chi connectivity index (χ1n) is 13.4. The van der Waals surface area contributed by atoms with Gasteiger partial charge >= 0.3 is 0 Å². The minimum absolute atomic E-state index is 0.157. The average molecular weight is 513 g/mol. The number of nitrogens with zero attached hydrogens (tertiary/aromatic N) is 2.